The number of hydrogen-bond acceptors (Lipinski definition) is 4. The van der Waals surface area contributed by atoms with Gasteiger partial charge in [-0.2, -0.15) is 5.26 Å². The molecule has 0 amide bonds. The molecule has 1 aliphatic heterocycles. The Balaban J connectivity index is 2.01. The number of fused-ring (bicyclic) bond motifs is 1. The quantitative estimate of drug-likeness (QED) is 0.549. The first-order valence-corrected chi connectivity index (χ1v) is 13.4. The van der Waals surface area contributed by atoms with E-state index in [-0.39, 0.29) is 11.5 Å². The standard InChI is InChI=1S/C25H33NO3Si/c1-24(2,3)23(29-30(5)6)13-14-25(20-8-10-21(27-4)11-9-20)22-12-7-18(16-26)15-19(22)17-28-25/h7-12,15,23,30H,13-14,17H2,1-6H3. The SMILES string of the molecule is COc1ccc(C2(CCC(O[SiH](C)C)C(C)(C)C)OCc3cc(C#N)ccc32)cc1. The van der Waals surface area contributed by atoms with Crippen LogP contribution in [-0.2, 0) is 21.4 Å². The van der Waals surface area contributed by atoms with E-state index in [4.69, 9.17) is 13.9 Å². The molecule has 2 atom stereocenters. The topological polar surface area (TPSA) is 51.5 Å². The fraction of sp³-hybridized carbons (Fsp3) is 0.480. The maximum absolute atomic E-state index is 9.31. The maximum atomic E-state index is 9.31. The molecular weight excluding hydrogens is 390 g/mol. The van der Waals surface area contributed by atoms with E-state index >= 15 is 0 Å². The molecular formula is C25H33NO3Si. The summed E-state index contributed by atoms with van der Waals surface area (Å²) in [5, 5.41) is 9.31. The van der Waals surface area contributed by atoms with E-state index in [0.29, 0.717) is 12.2 Å². The lowest BCUT2D eigenvalue weighted by molar-refractivity contribution is -0.0279. The number of rotatable bonds is 7. The Kier molecular flexibility index (Phi) is 6.71. The molecule has 0 radical (unpaired) electrons. The summed E-state index contributed by atoms with van der Waals surface area (Å²) in [7, 11) is 0.504. The van der Waals surface area contributed by atoms with Crippen molar-refractivity contribution in [3.8, 4) is 11.8 Å². The van der Waals surface area contributed by atoms with E-state index < -0.39 is 14.6 Å². The minimum atomic E-state index is -1.17. The Hall–Kier alpha value is -2.13. The van der Waals surface area contributed by atoms with Gasteiger partial charge < -0.3 is 13.9 Å². The molecule has 0 fully saturated rings. The smallest absolute Gasteiger partial charge is 0.171 e. The molecule has 0 spiro atoms. The zero-order valence-corrected chi connectivity index (χ0v) is 20.1. The van der Waals surface area contributed by atoms with Crippen LogP contribution in [0.1, 0.15) is 55.9 Å². The summed E-state index contributed by atoms with van der Waals surface area (Å²) in [6.07, 6.45) is 1.90. The second-order valence-corrected chi connectivity index (χ2v) is 11.8. The first-order chi connectivity index (χ1) is 14.2. The fourth-order valence-corrected chi connectivity index (χ4v) is 5.48. The van der Waals surface area contributed by atoms with Crippen molar-refractivity contribution in [1.82, 2.24) is 0 Å². The van der Waals surface area contributed by atoms with Crippen LogP contribution < -0.4 is 4.74 Å². The van der Waals surface area contributed by atoms with Gasteiger partial charge in [-0.3, -0.25) is 0 Å². The Morgan fingerprint density at radius 1 is 1.17 bits per heavy atom. The lowest BCUT2D eigenvalue weighted by Gasteiger charge is -2.37. The zero-order chi connectivity index (χ0) is 21.9. The predicted octanol–water partition coefficient (Wildman–Crippen LogP) is 5.54. The number of nitrogens with zero attached hydrogens (tertiary/aromatic N) is 1. The summed E-state index contributed by atoms with van der Waals surface area (Å²) < 4.78 is 18.3. The van der Waals surface area contributed by atoms with Gasteiger partial charge in [0.25, 0.3) is 0 Å². The van der Waals surface area contributed by atoms with Crippen LogP contribution in [0.4, 0.5) is 0 Å². The van der Waals surface area contributed by atoms with Gasteiger partial charge in [0.05, 0.1) is 25.3 Å². The first-order valence-electron chi connectivity index (χ1n) is 10.7. The van der Waals surface area contributed by atoms with Gasteiger partial charge in [-0.25, -0.2) is 0 Å². The predicted molar refractivity (Wildman–Crippen MR) is 122 cm³/mol. The van der Waals surface area contributed by atoms with Gasteiger partial charge in [0.1, 0.15) is 11.4 Å². The van der Waals surface area contributed by atoms with Crippen LogP contribution in [-0.4, -0.2) is 22.3 Å². The van der Waals surface area contributed by atoms with Gasteiger partial charge in [0.2, 0.25) is 0 Å². The van der Waals surface area contributed by atoms with Gasteiger partial charge >= 0.3 is 0 Å². The van der Waals surface area contributed by atoms with Crippen LogP contribution in [0, 0.1) is 16.7 Å². The van der Waals surface area contributed by atoms with E-state index in [9.17, 15) is 5.26 Å². The molecule has 1 heterocycles. The van der Waals surface area contributed by atoms with E-state index in [1.54, 1.807) is 7.11 Å². The molecule has 0 saturated heterocycles. The van der Waals surface area contributed by atoms with Crippen molar-refractivity contribution in [3.63, 3.8) is 0 Å². The van der Waals surface area contributed by atoms with E-state index in [1.807, 2.05) is 24.3 Å². The van der Waals surface area contributed by atoms with Crippen molar-refractivity contribution in [2.24, 2.45) is 5.41 Å². The Morgan fingerprint density at radius 2 is 1.87 bits per heavy atom. The number of nitriles is 1. The highest BCUT2D eigenvalue weighted by Gasteiger charge is 2.43. The van der Waals surface area contributed by atoms with Crippen molar-refractivity contribution in [1.29, 1.82) is 5.26 Å². The van der Waals surface area contributed by atoms with Gasteiger partial charge in [0.15, 0.2) is 9.04 Å². The highest BCUT2D eigenvalue weighted by atomic mass is 28.3. The molecule has 2 unspecified atom stereocenters. The van der Waals surface area contributed by atoms with Crippen molar-refractivity contribution in [3.05, 3.63) is 64.7 Å². The summed E-state index contributed by atoms with van der Waals surface area (Å²) in [4.78, 5) is 0. The molecule has 0 bridgehead atoms. The molecule has 3 rings (SSSR count). The van der Waals surface area contributed by atoms with Gasteiger partial charge in [-0.1, -0.05) is 39.0 Å². The second-order valence-electron chi connectivity index (χ2n) is 9.41. The molecule has 1 aliphatic rings. The molecule has 0 aliphatic carbocycles. The minimum absolute atomic E-state index is 0.0600. The lowest BCUT2D eigenvalue weighted by atomic mass is 9.78. The second kappa shape index (κ2) is 8.93. The fourth-order valence-electron chi connectivity index (χ4n) is 4.27. The number of methoxy groups -OCH3 is 1. The van der Waals surface area contributed by atoms with Crippen LogP contribution in [0.3, 0.4) is 0 Å². The highest BCUT2D eigenvalue weighted by molar-refractivity contribution is 6.48. The van der Waals surface area contributed by atoms with Gasteiger partial charge in [-0.05, 0) is 72.3 Å². The molecule has 4 nitrogen and oxygen atoms in total. The van der Waals surface area contributed by atoms with Crippen LogP contribution >= 0.6 is 0 Å². The molecule has 2 aromatic carbocycles. The molecule has 2 aromatic rings. The average molecular weight is 424 g/mol. The molecule has 30 heavy (non-hydrogen) atoms. The Morgan fingerprint density at radius 3 is 2.43 bits per heavy atom. The van der Waals surface area contributed by atoms with Gasteiger partial charge in [-0.15, -0.1) is 0 Å². The molecule has 160 valence electrons. The van der Waals surface area contributed by atoms with Crippen molar-refractivity contribution < 1.29 is 13.9 Å². The van der Waals surface area contributed by atoms with Crippen LogP contribution in [0.15, 0.2) is 42.5 Å². The van der Waals surface area contributed by atoms with E-state index in [1.165, 1.54) is 0 Å². The number of hydrogen-bond donors (Lipinski definition) is 0. The maximum Gasteiger partial charge on any atom is 0.171 e. The van der Waals surface area contributed by atoms with E-state index in [0.717, 1.165) is 35.3 Å². The monoisotopic (exact) mass is 423 g/mol. The summed E-state index contributed by atoms with van der Waals surface area (Å²) in [6.45, 7) is 11.7. The molecule has 0 saturated carbocycles. The lowest BCUT2D eigenvalue weighted by Crippen LogP contribution is -2.36. The largest absolute Gasteiger partial charge is 0.497 e. The third-order valence-corrected chi connectivity index (χ3v) is 6.73. The average Bonchev–Trinajstić information content (AvgIpc) is 3.09. The van der Waals surface area contributed by atoms with Crippen LogP contribution in [0.25, 0.3) is 0 Å². The zero-order valence-electron chi connectivity index (χ0n) is 19.0. The summed E-state index contributed by atoms with van der Waals surface area (Å²) in [6, 6.07) is 16.3. The Bertz CT molecular complexity index is 911. The summed E-state index contributed by atoms with van der Waals surface area (Å²) in [5.41, 5.74) is 3.55. The van der Waals surface area contributed by atoms with Gasteiger partial charge in [0, 0.05) is 6.10 Å². The van der Waals surface area contributed by atoms with Crippen molar-refractivity contribution in [2.45, 2.75) is 65.0 Å². The number of benzene rings is 2. The molecule has 0 aromatic heterocycles. The summed E-state index contributed by atoms with van der Waals surface area (Å²) in [5.74, 6) is 0.827. The van der Waals surface area contributed by atoms with Crippen molar-refractivity contribution in [2.75, 3.05) is 7.11 Å². The van der Waals surface area contributed by atoms with Crippen molar-refractivity contribution >= 4 is 9.04 Å². The summed E-state index contributed by atoms with van der Waals surface area (Å²) >= 11 is 0. The van der Waals surface area contributed by atoms with Crippen LogP contribution in [0.5, 0.6) is 5.75 Å². The van der Waals surface area contributed by atoms with Crippen LogP contribution in [0.2, 0.25) is 13.1 Å². The Labute approximate surface area is 182 Å². The van der Waals surface area contributed by atoms with E-state index in [2.05, 4.69) is 58.1 Å². The minimum Gasteiger partial charge on any atom is -0.497 e. The molecule has 0 N–H and O–H groups in total. The third-order valence-electron chi connectivity index (χ3n) is 5.86. The normalized spacial score (nSPS) is 19.4. The number of ether oxygens (including phenoxy) is 2. The highest BCUT2D eigenvalue weighted by Crippen LogP contribution is 2.47. The third kappa shape index (κ3) is 4.62. The molecule has 5 heteroatoms. The first kappa shape index (κ1) is 22.5.